The number of benzene rings is 2. The molecule has 0 aliphatic rings. The van der Waals surface area contributed by atoms with E-state index in [2.05, 4.69) is 15.3 Å². The van der Waals surface area contributed by atoms with E-state index in [4.69, 9.17) is 0 Å². The van der Waals surface area contributed by atoms with E-state index in [9.17, 15) is 9.18 Å². The van der Waals surface area contributed by atoms with Crippen LogP contribution in [0.15, 0.2) is 41.3 Å². The Morgan fingerprint density at radius 3 is 2.56 bits per heavy atom. The smallest absolute Gasteiger partial charge is 0.226 e. The van der Waals surface area contributed by atoms with Crippen LogP contribution in [-0.2, 0) is 4.79 Å². The van der Waals surface area contributed by atoms with Crippen molar-refractivity contribution in [2.75, 3.05) is 11.1 Å². The minimum absolute atomic E-state index is 0.0366. The molecule has 4 rings (SSSR count). The predicted molar refractivity (Wildman–Crippen MR) is 113 cm³/mol. The molecule has 27 heavy (non-hydrogen) atoms. The number of carbonyl (C=O) groups is 1. The van der Waals surface area contributed by atoms with E-state index >= 15 is 0 Å². The average Bonchev–Trinajstić information content (AvgIpc) is 3.22. The summed E-state index contributed by atoms with van der Waals surface area (Å²) < 4.78 is 15.1. The summed E-state index contributed by atoms with van der Waals surface area (Å²) in [5, 5.41) is 4.55. The van der Waals surface area contributed by atoms with E-state index in [1.807, 2.05) is 19.1 Å². The van der Waals surface area contributed by atoms with Crippen LogP contribution in [0.1, 0.15) is 17.8 Å². The van der Waals surface area contributed by atoms with Crippen LogP contribution in [0, 0.1) is 12.7 Å². The number of thioether (sulfide) groups is 1. The lowest BCUT2D eigenvalue weighted by molar-refractivity contribution is -0.116. The van der Waals surface area contributed by atoms with Crippen molar-refractivity contribution >= 4 is 65.9 Å². The van der Waals surface area contributed by atoms with E-state index in [-0.39, 0.29) is 11.7 Å². The molecule has 0 atom stereocenters. The van der Waals surface area contributed by atoms with Crippen molar-refractivity contribution in [3.63, 3.8) is 0 Å². The molecule has 2 aromatic heterocycles. The highest BCUT2D eigenvalue weighted by Crippen LogP contribution is 2.35. The van der Waals surface area contributed by atoms with Gasteiger partial charge in [0.1, 0.15) is 5.82 Å². The van der Waals surface area contributed by atoms with E-state index in [0.29, 0.717) is 11.6 Å². The number of rotatable bonds is 6. The molecule has 0 aliphatic carbocycles. The maximum Gasteiger partial charge on any atom is 0.226 e. The summed E-state index contributed by atoms with van der Waals surface area (Å²) in [7, 11) is 0. The van der Waals surface area contributed by atoms with Gasteiger partial charge >= 0.3 is 0 Å². The lowest BCUT2D eigenvalue weighted by Gasteiger charge is -2.02. The van der Waals surface area contributed by atoms with Crippen molar-refractivity contribution < 1.29 is 9.18 Å². The number of anilines is 1. The summed E-state index contributed by atoms with van der Waals surface area (Å²) in [6, 6.07) is 10.3. The van der Waals surface area contributed by atoms with Gasteiger partial charge in [-0.2, -0.15) is 0 Å². The fourth-order valence-corrected chi connectivity index (χ4v) is 5.55. The number of hydrogen-bond acceptors (Lipinski definition) is 6. The molecule has 0 fully saturated rings. The second kappa shape index (κ2) is 7.92. The first kappa shape index (κ1) is 18.3. The summed E-state index contributed by atoms with van der Waals surface area (Å²) in [5.74, 6) is 0.533. The fraction of sp³-hybridized carbons (Fsp3) is 0.211. The third kappa shape index (κ3) is 4.28. The monoisotopic (exact) mass is 417 g/mol. The molecule has 4 nitrogen and oxygen atoms in total. The normalized spacial score (nSPS) is 11.3. The minimum atomic E-state index is -0.236. The van der Waals surface area contributed by atoms with Gasteiger partial charge in [-0.25, -0.2) is 14.4 Å². The Morgan fingerprint density at radius 2 is 1.78 bits per heavy atom. The Hall–Kier alpha value is -2.03. The average molecular weight is 418 g/mol. The van der Waals surface area contributed by atoms with Gasteiger partial charge in [-0.05, 0) is 55.5 Å². The number of carbonyl (C=O) groups excluding carboxylic acids is 1. The lowest BCUT2D eigenvalue weighted by atomic mass is 10.3. The Labute approximate surface area is 167 Å². The SMILES string of the molecule is Cc1nc2ccc3nc(NC(=O)CCCSc4ccc(F)cc4)sc3c2s1. The topological polar surface area (TPSA) is 54.9 Å². The fourth-order valence-electron chi connectivity index (χ4n) is 2.67. The number of amides is 1. The molecule has 0 saturated heterocycles. The zero-order valence-electron chi connectivity index (χ0n) is 14.5. The van der Waals surface area contributed by atoms with E-state index in [0.717, 1.165) is 42.5 Å². The van der Waals surface area contributed by atoms with Gasteiger partial charge in [-0.15, -0.1) is 23.1 Å². The number of aryl methyl sites for hydroxylation is 1. The van der Waals surface area contributed by atoms with E-state index in [1.54, 1.807) is 35.2 Å². The predicted octanol–water partition coefficient (Wildman–Crippen LogP) is 5.86. The quantitative estimate of drug-likeness (QED) is 0.315. The summed E-state index contributed by atoms with van der Waals surface area (Å²) in [6.45, 7) is 1.99. The number of fused-ring (bicyclic) bond motifs is 3. The third-order valence-corrected chi connectivity index (χ3v) is 7.13. The van der Waals surface area contributed by atoms with Crippen LogP contribution in [0.4, 0.5) is 9.52 Å². The van der Waals surface area contributed by atoms with Crippen LogP contribution < -0.4 is 5.32 Å². The number of thiazole rings is 2. The van der Waals surface area contributed by atoms with Crippen LogP contribution in [0.3, 0.4) is 0 Å². The highest BCUT2D eigenvalue weighted by atomic mass is 32.2. The van der Waals surface area contributed by atoms with Crippen LogP contribution >= 0.6 is 34.4 Å². The van der Waals surface area contributed by atoms with Crippen LogP contribution in [0.5, 0.6) is 0 Å². The molecule has 2 aromatic carbocycles. The number of hydrogen-bond donors (Lipinski definition) is 1. The lowest BCUT2D eigenvalue weighted by Crippen LogP contribution is -2.11. The molecule has 0 radical (unpaired) electrons. The van der Waals surface area contributed by atoms with Gasteiger partial charge in [0.05, 0.1) is 25.4 Å². The Bertz CT molecular complexity index is 1100. The molecular weight excluding hydrogens is 401 g/mol. The van der Waals surface area contributed by atoms with E-state index < -0.39 is 0 Å². The summed E-state index contributed by atoms with van der Waals surface area (Å²) in [6.07, 6.45) is 1.18. The number of nitrogens with zero attached hydrogens (tertiary/aromatic N) is 2. The first-order valence-electron chi connectivity index (χ1n) is 8.43. The molecular formula is C19H16FN3OS3. The molecule has 138 valence electrons. The Balaban J connectivity index is 1.33. The van der Waals surface area contributed by atoms with Gasteiger partial charge in [0.25, 0.3) is 0 Å². The summed E-state index contributed by atoms with van der Waals surface area (Å²) >= 11 is 4.76. The second-order valence-electron chi connectivity index (χ2n) is 5.97. The number of aromatic nitrogens is 2. The second-order valence-corrected chi connectivity index (χ2v) is 9.34. The molecule has 0 saturated carbocycles. The summed E-state index contributed by atoms with van der Waals surface area (Å²) in [4.78, 5) is 22.2. The van der Waals surface area contributed by atoms with Crippen molar-refractivity contribution in [3.8, 4) is 0 Å². The maximum absolute atomic E-state index is 12.9. The molecule has 1 amide bonds. The highest BCUT2D eigenvalue weighted by Gasteiger charge is 2.12. The van der Waals surface area contributed by atoms with Crippen LogP contribution in [0.25, 0.3) is 20.4 Å². The largest absolute Gasteiger partial charge is 0.302 e. The standard InChI is InChI=1S/C19H16FN3OS3/c1-11-21-14-8-9-15-18(17(14)26-11)27-19(22-15)23-16(24)3-2-10-25-13-6-4-12(20)5-7-13/h4-9H,2-3,10H2,1H3,(H,22,23,24). The maximum atomic E-state index is 12.9. The summed E-state index contributed by atoms with van der Waals surface area (Å²) in [5.41, 5.74) is 1.86. The highest BCUT2D eigenvalue weighted by molar-refractivity contribution is 7.99. The Morgan fingerprint density at radius 1 is 1.07 bits per heavy atom. The molecule has 4 aromatic rings. The van der Waals surface area contributed by atoms with Crippen LogP contribution in [0.2, 0.25) is 0 Å². The van der Waals surface area contributed by atoms with Crippen molar-refractivity contribution in [2.45, 2.75) is 24.7 Å². The van der Waals surface area contributed by atoms with Crippen molar-refractivity contribution in [1.82, 2.24) is 9.97 Å². The van der Waals surface area contributed by atoms with Gasteiger partial charge in [-0.1, -0.05) is 11.3 Å². The van der Waals surface area contributed by atoms with Gasteiger partial charge < -0.3 is 5.32 Å². The van der Waals surface area contributed by atoms with Gasteiger partial charge in [0, 0.05) is 11.3 Å². The van der Waals surface area contributed by atoms with Gasteiger partial charge in [-0.3, -0.25) is 4.79 Å². The number of halogens is 1. The Kier molecular flexibility index (Phi) is 5.38. The van der Waals surface area contributed by atoms with E-state index in [1.165, 1.54) is 23.5 Å². The van der Waals surface area contributed by atoms with Gasteiger partial charge in [0.2, 0.25) is 5.91 Å². The molecule has 0 bridgehead atoms. The number of nitrogens with one attached hydrogen (secondary N) is 1. The van der Waals surface area contributed by atoms with Crippen molar-refractivity contribution in [3.05, 3.63) is 47.2 Å². The van der Waals surface area contributed by atoms with Crippen molar-refractivity contribution in [1.29, 1.82) is 0 Å². The minimum Gasteiger partial charge on any atom is -0.302 e. The molecule has 2 heterocycles. The zero-order chi connectivity index (χ0) is 18.8. The van der Waals surface area contributed by atoms with Gasteiger partial charge in [0.15, 0.2) is 5.13 Å². The first-order chi connectivity index (χ1) is 13.1. The molecule has 0 aliphatic heterocycles. The van der Waals surface area contributed by atoms with Crippen LogP contribution in [-0.4, -0.2) is 21.6 Å². The molecule has 0 spiro atoms. The third-order valence-electron chi connectivity index (χ3n) is 3.90. The molecule has 1 N–H and O–H groups in total. The zero-order valence-corrected chi connectivity index (χ0v) is 16.9. The molecule has 8 heteroatoms. The molecule has 0 unspecified atom stereocenters. The first-order valence-corrected chi connectivity index (χ1v) is 11.1. The van der Waals surface area contributed by atoms with Crippen molar-refractivity contribution in [2.24, 2.45) is 0 Å².